The van der Waals surface area contributed by atoms with Gasteiger partial charge in [-0.3, -0.25) is 9.98 Å². The fraction of sp³-hybridized carbons (Fsp3) is 0.200. The number of thioether (sulfide) groups is 1. The van der Waals surface area contributed by atoms with Crippen LogP contribution in [-0.2, 0) is 5.54 Å². The zero-order valence-corrected chi connectivity index (χ0v) is 13.4. The maximum atomic E-state index is 6.75. The highest BCUT2D eigenvalue weighted by molar-refractivity contribution is 8.14. The summed E-state index contributed by atoms with van der Waals surface area (Å²) >= 11 is 13.6. The van der Waals surface area contributed by atoms with Crippen LogP contribution in [0.5, 0.6) is 0 Å². The van der Waals surface area contributed by atoms with Crippen LogP contribution in [0.1, 0.15) is 11.3 Å². The first kappa shape index (κ1) is 14.9. The Hall–Kier alpha value is -1.07. The van der Waals surface area contributed by atoms with Crippen molar-refractivity contribution in [3.05, 3.63) is 63.9 Å². The summed E-state index contributed by atoms with van der Waals surface area (Å²) in [5.41, 5.74) is 7.52. The molecule has 1 aromatic carbocycles. The first-order valence-corrected chi connectivity index (χ1v) is 8.19. The van der Waals surface area contributed by atoms with E-state index < -0.39 is 5.54 Å². The van der Waals surface area contributed by atoms with Crippen molar-refractivity contribution >= 4 is 40.0 Å². The molecule has 2 N–H and O–H groups in total. The molecular formula is C15H13Cl2N3S. The van der Waals surface area contributed by atoms with Gasteiger partial charge in [0, 0.05) is 23.5 Å². The third kappa shape index (κ3) is 2.81. The van der Waals surface area contributed by atoms with Crippen molar-refractivity contribution < 1.29 is 0 Å². The molecule has 1 aromatic heterocycles. The molecule has 0 radical (unpaired) electrons. The van der Waals surface area contributed by atoms with E-state index in [0.29, 0.717) is 10.0 Å². The Morgan fingerprint density at radius 3 is 2.33 bits per heavy atom. The average Bonchev–Trinajstić information content (AvgIpc) is 3.02. The fourth-order valence-corrected chi connectivity index (χ4v) is 3.52. The molecule has 2 aromatic rings. The summed E-state index contributed by atoms with van der Waals surface area (Å²) < 4.78 is 0. The number of aliphatic imine (C=N–C) groups is 1. The second-order valence-electron chi connectivity index (χ2n) is 4.71. The molecule has 1 aliphatic rings. The number of aromatic nitrogens is 1. The highest BCUT2D eigenvalue weighted by atomic mass is 35.5. The van der Waals surface area contributed by atoms with Crippen LogP contribution < -0.4 is 5.73 Å². The Morgan fingerprint density at radius 1 is 1.05 bits per heavy atom. The van der Waals surface area contributed by atoms with Gasteiger partial charge in [0.15, 0.2) is 0 Å². The SMILES string of the molecule is NC(C1=NCCS1)(c1ccc(Cl)cc1)c1ccc(Cl)cn1. The first-order chi connectivity index (χ1) is 10.1. The normalized spacial score (nSPS) is 17.4. The van der Waals surface area contributed by atoms with Crippen LogP contribution in [0.3, 0.4) is 0 Å². The summed E-state index contributed by atoms with van der Waals surface area (Å²) in [6, 6.07) is 11.1. The summed E-state index contributed by atoms with van der Waals surface area (Å²) in [4.78, 5) is 8.96. The van der Waals surface area contributed by atoms with Gasteiger partial charge in [-0.05, 0) is 29.8 Å². The largest absolute Gasteiger partial charge is 0.311 e. The van der Waals surface area contributed by atoms with Gasteiger partial charge >= 0.3 is 0 Å². The van der Waals surface area contributed by atoms with Crippen molar-refractivity contribution in [1.29, 1.82) is 0 Å². The van der Waals surface area contributed by atoms with E-state index in [2.05, 4.69) is 9.98 Å². The van der Waals surface area contributed by atoms with Gasteiger partial charge in [-0.1, -0.05) is 35.3 Å². The van der Waals surface area contributed by atoms with E-state index in [1.54, 1.807) is 24.0 Å². The minimum atomic E-state index is -0.865. The van der Waals surface area contributed by atoms with Crippen LogP contribution in [0, 0.1) is 0 Å². The topological polar surface area (TPSA) is 51.3 Å². The van der Waals surface area contributed by atoms with E-state index >= 15 is 0 Å². The highest BCUT2D eigenvalue weighted by Gasteiger charge is 2.38. The zero-order valence-electron chi connectivity index (χ0n) is 11.1. The number of halogens is 2. The van der Waals surface area contributed by atoms with Gasteiger partial charge in [0.2, 0.25) is 0 Å². The molecule has 0 saturated heterocycles. The third-order valence-electron chi connectivity index (χ3n) is 3.35. The summed E-state index contributed by atoms with van der Waals surface area (Å²) in [5.74, 6) is 0.940. The summed E-state index contributed by atoms with van der Waals surface area (Å²) in [5, 5.41) is 2.13. The number of nitrogens with zero attached hydrogens (tertiary/aromatic N) is 2. The lowest BCUT2D eigenvalue weighted by Crippen LogP contribution is -2.45. The smallest absolute Gasteiger partial charge is 0.132 e. The maximum absolute atomic E-state index is 6.75. The number of nitrogens with two attached hydrogens (primary N) is 1. The molecule has 0 amide bonds. The van der Waals surface area contributed by atoms with Crippen LogP contribution in [0.15, 0.2) is 47.6 Å². The molecule has 21 heavy (non-hydrogen) atoms. The van der Waals surface area contributed by atoms with Crippen molar-refractivity contribution in [2.75, 3.05) is 12.3 Å². The van der Waals surface area contributed by atoms with E-state index in [4.69, 9.17) is 28.9 Å². The van der Waals surface area contributed by atoms with Crippen LogP contribution in [0.2, 0.25) is 10.0 Å². The van der Waals surface area contributed by atoms with Crippen molar-refractivity contribution in [2.24, 2.45) is 10.7 Å². The monoisotopic (exact) mass is 337 g/mol. The molecule has 0 aliphatic carbocycles. The Kier molecular flexibility index (Phi) is 4.22. The molecular weight excluding hydrogens is 325 g/mol. The Labute approximate surface area is 137 Å². The van der Waals surface area contributed by atoms with Gasteiger partial charge in [0.1, 0.15) is 5.54 Å². The van der Waals surface area contributed by atoms with E-state index in [-0.39, 0.29) is 0 Å². The summed E-state index contributed by atoms with van der Waals surface area (Å²) in [7, 11) is 0. The second kappa shape index (κ2) is 5.97. The molecule has 1 atom stereocenters. The molecule has 108 valence electrons. The van der Waals surface area contributed by atoms with Gasteiger partial charge in [-0.2, -0.15) is 0 Å². The predicted molar refractivity (Wildman–Crippen MR) is 90.4 cm³/mol. The van der Waals surface area contributed by atoms with Gasteiger partial charge in [-0.25, -0.2) is 0 Å². The average molecular weight is 338 g/mol. The lowest BCUT2D eigenvalue weighted by molar-refractivity contribution is 0.708. The second-order valence-corrected chi connectivity index (χ2v) is 6.67. The van der Waals surface area contributed by atoms with E-state index in [1.807, 2.05) is 30.3 Å². The highest BCUT2D eigenvalue weighted by Crippen LogP contribution is 2.35. The molecule has 3 rings (SSSR count). The third-order valence-corrected chi connectivity index (χ3v) is 4.94. The molecule has 0 spiro atoms. The predicted octanol–water partition coefficient (Wildman–Crippen LogP) is 3.74. The summed E-state index contributed by atoms with van der Waals surface area (Å²) in [6.07, 6.45) is 1.61. The number of pyridine rings is 1. The fourth-order valence-electron chi connectivity index (χ4n) is 2.28. The molecule has 2 heterocycles. The Balaban J connectivity index is 2.14. The number of hydrogen-bond donors (Lipinski definition) is 1. The summed E-state index contributed by atoms with van der Waals surface area (Å²) in [6.45, 7) is 0.778. The lowest BCUT2D eigenvalue weighted by Gasteiger charge is -2.29. The molecule has 1 unspecified atom stereocenters. The molecule has 0 saturated carbocycles. The lowest BCUT2D eigenvalue weighted by atomic mass is 9.88. The molecule has 0 bridgehead atoms. The Morgan fingerprint density at radius 2 is 1.76 bits per heavy atom. The Bertz CT molecular complexity index is 623. The van der Waals surface area contributed by atoms with Crippen LogP contribution in [-0.4, -0.2) is 22.3 Å². The van der Waals surface area contributed by atoms with E-state index in [9.17, 15) is 0 Å². The van der Waals surface area contributed by atoms with Gasteiger partial charge in [-0.15, -0.1) is 11.8 Å². The van der Waals surface area contributed by atoms with Crippen LogP contribution in [0.25, 0.3) is 0 Å². The van der Waals surface area contributed by atoms with Crippen molar-refractivity contribution in [3.8, 4) is 0 Å². The van der Waals surface area contributed by atoms with E-state index in [1.165, 1.54) is 0 Å². The standard InChI is InChI=1S/C15H13Cl2N3S/c16-11-3-1-10(2-4-11)15(18,14-19-7-8-21-14)13-6-5-12(17)9-20-13/h1-6,9H,7-8,18H2. The number of rotatable bonds is 3. The van der Waals surface area contributed by atoms with Crippen molar-refractivity contribution in [3.63, 3.8) is 0 Å². The number of benzene rings is 1. The number of hydrogen-bond acceptors (Lipinski definition) is 4. The van der Waals surface area contributed by atoms with E-state index in [0.717, 1.165) is 28.6 Å². The van der Waals surface area contributed by atoms with Crippen LogP contribution in [0.4, 0.5) is 0 Å². The molecule has 6 heteroatoms. The van der Waals surface area contributed by atoms with Crippen molar-refractivity contribution in [1.82, 2.24) is 4.98 Å². The van der Waals surface area contributed by atoms with Gasteiger partial charge in [0.05, 0.1) is 15.8 Å². The van der Waals surface area contributed by atoms with Crippen LogP contribution >= 0.6 is 35.0 Å². The minimum Gasteiger partial charge on any atom is -0.311 e. The quantitative estimate of drug-likeness (QED) is 0.928. The van der Waals surface area contributed by atoms with Gasteiger partial charge < -0.3 is 5.73 Å². The molecule has 0 fully saturated rings. The molecule has 1 aliphatic heterocycles. The minimum absolute atomic E-state index is 0.582. The maximum Gasteiger partial charge on any atom is 0.132 e. The zero-order chi connectivity index (χ0) is 14.9. The van der Waals surface area contributed by atoms with Gasteiger partial charge in [0.25, 0.3) is 0 Å². The van der Waals surface area contributed by atoms with Crippen molar-refractivity contribution in [2.45, 2.75) is 5.54 Å². The first-order valence-electron chi connectivity index (χ1n) is 6.45. The molecule has 3 nitrogen and oxygen atoms in total.